The number of hydrogen-bond donors (Lipinski definition) is 1. The maximum absolute atomic E-state index is 14.2. The molecule has 2 rings (SSSR count). The van der Waals surface area contributed by atoms with Crippen molar-refractivity contribution in [3.63, 3.8) is 0 Å². The zero-order chi connectivity index (χ0) is 22.0. The Kier molecular flexibility index (Phi) is 6.52. The number of rotatable bonds is 6. The summed E-state index contributed by atoms with van der Waals surface area (Å²) in [5, 5.41) is 10.8. The van der Waals surface area contributed by atoms with E-state index >= 15 is 0 Å². The largest absolute Gasteiger partial charge is 0.496 e. The second-order valence-corrected chi connectivity index (χ2v) is 6.89. The predicted octanol–water partition coefficient (Wildman–Crippen LogP) is 4.34. The Bertz CT molecular complexity index is 900. The SMILES string of the molecule is COc1cc(/N=C/N(C)C(C)C)c(C)cc1C(O)(c1cccnc1F)C(F)(F)F. The maximum atomic E-state index is 14.2. The van der Waals surface area contributed by atoms with Crippen LogP contribution in [0.15, 0.2) is 35.5 Å². The van der Waals surface area contributed by atoms with Crippen molar-refractivity contribution in [2.75, 3.05) is 14.2 Å². The highest BCUT2D eigenvalue weighted by molar-refractivity contribution is 5.66. The Labute approximate surface area is 166 Å². The number of pyridine rings is 1. The molecule has 1 aromatic heterocycles. The van der Waals surface area contributed by atoms with Crippen molar-refractivity contribution in [1.29, 1.82) is 0 Å². The summed E-state index contributed by atoms with van der Waals surface area (Å²) in [4.78, 5) is 9.35. The quantitative estimate of drug-likeness (QED) is 0.331. The molecule has 1 aromatic carbocycles. The molecule has 0 saturated heterocycles. The Morgan fingerprint density at radius 2 is 1.90 bits per heavy atom. The minimum atomic E-state index is -5.24. The van der Waals surface area contributed by atoms with Crippen molar-refractivity contribution < 1.29 is 27.4 Å². The highest BCUT2D eigenvalue weighted by Crippen LogP contribution is 2.49. The third-order valence-corrected chi connectivity index (χ3v) is 4.66. The fraction of sp³-hybridized carbons (Fsp3) is 0.400. The first-order chi connectivity index (χ1) is 13.4. The number of aryl methyl sites for hydroxylation is 1. The van der Waals surface area contributed by atoms with Crippen molar-refractivity contribution in [3.05, 3.63) is 53.1 Å². The van der Waals surface area contributed by atoms with E-state index in [4.69, 9.17) is 4.74 Å². The molecule has 9 heteroatoms. The second kappa shape index (κ2) is 8.36. The van der Waals surface area contributed by atoms with Crippen molar-refractivity contribution in [1.82, 2.24) is 9.88 Å². The van der Waals surface area contributed by atoms with Crippen molar-refractivity contribution in [2.45, 2.75) is 38.6 Å². The molecule has 0 bridgehead atoms. The average molecular weight is 413 g/mol. The monoisotopic (exact) mass is 413 g/mol. The lowest BCUT2D eigenvalue weighted by atomic mass is 9.84. The summed E-state index contributed by atoms with van der Waals surface area (Å²) in [5.41, 5.74) is -4.61. The molecule has 29 heavy (non-hydrogen) atoms. The van der Waals surface area contributed by atoms with Crippen LogP contribution in [0.1, 0.15) is 30.5 Å². The van der Waals surface area contributed by atoms with Gasteiger partial charge in [0.25, 0.3) is 0 Å². The number of halogens is 4. The van der Waals surface area contributed by atoms with E-state index < -0.39 is 28.9 Å². The number of aliphatic imine (C=N–C) groups is 1. The molecule has 2 aromatic rings. The van der Waals surface area contributed by atoms with Crippen LogP contribution in [-0.4, -0.2) is 47.7 Å². The summed E-state index contributed by atoms with van der Waals surface area (Å²) in [6.45, 7) is 5.45. The van der Waals surface area contributed by atoms with Gasteiger partial charge in [-0.05, 0) is 44.5 Å². The smallest absolute Gasteiger partial charge is 0.426 e. The van der Waals surface area contributed by atoms with E-state index in [2.05, 4.69) is 9.98 Å². The van der Waals surface area contributed by atoms with Gasteiger partial charge in [-0.15, -0.1) is 0 Å². The van der Waals surface area contributed by atoms with Gasteiger partial charge < -0.3 is 14.7 Å². The fourth-order valence-electron chi connectivity index (χ4n) is 2.66. The Morgan fingerprint density at radius 1 is 1.24 bits per heavy atom. The summed E-state index contributed by atoms with van der Waals surface area (Å²) in [6, 6.07) is 4.51. The summed E-state index contributed by atoms with van der Waals surface area (Å²) >= 11 is 0. The molecule has 0 radical (unpaired) electrons. The fourth-order valence-corrected chi connectivity index (χ4v) is 2.66. The maximum Gasteiger partial charge on any atom is 0.426 e. The number of aromatic nitrogens is 1. The molecule has 0 spiro atoms. The highest BCUT2D eigenvalue weighted by Gasteiger charge is 2.59. The lowest BCUT2D eigenvalue weighted by Crippen LogP contribution is -2.44. The number of nitrogens with zero attached hydrogens (tertiary/aromatic N) is 3. The summed E-state index contributed by atoms with van der Waals surface area (Å²) in [6.07, 6.45) is -2.69. The predicted molar refractivity (Wildman–Crippen MR) is 102 cm³/mol. The molecule has 0 saturated carbocycles. The summed E-state index contributed by atoms with van der Waals surface area (Å²) in [7, 11) is 2.97. The third-order valence-electron chi connectivity index (χ3n) is 4.66. The molecular formula is C20H23F4N3O2. The van der Waals surface area contributed by atoms with Gasteiger partial charge in [-0.3, -0.25) is 0 Å². The normalized spacial score (nSPS) is 14.3. The van der Waals surface area contributed by atoms with Crippen LogP contribution < -0.4 is 4.74 Å². The zero-order valence-corrected chi connectivity index (χ0v) is 16.8. The molecule has 5 nitrogen and oxygen atoms in total. The lowest BCUT2D eigenvalue weighted by molar-refractivity contribution is -0.249. The van der Waals surface area contributed by atoms with Crippen LogP contribution in [-0.2, 0) is 5.60 Å². The lowest BCUT2D eigenvalue weighted by Gasteiger charge is -2.32. The van der Waals surface area contributed by atoms with Crippen LogP contribution in [0.3, 0.4) is 0 Å². The first-order valence-corrected chi connectivity index (χ1v) is 8.78. The second-order valence-electron chi connectivity index (χ2n) is 6.89. The molecule has 158 valence electrons. The van der Waals surface area contributed by atoms with Gasteiger partial charge in [0.1, 0.15) is 5.75 Å². The molecule has 0 fully saturated rings. The van der Waals surface area contributed by atoms with Crippen LogP contribution >= 0.6 is 0 Å². The van der Waals surface area contributed by atoms with E-state index in [1.54, 1.807) is 13.3 Å². The zero-order valence-electron chi connectivity index (χ0n) is 16.8. The number of alkyl halides is 3. The highest BCUT2D eigenvalue weighted by atomic mass is 19.4. The van der Waals surface area contributed by atoms with E-state index in [1.807, 2.05) is 25.8 Å². The van der Waals surface area contributed by atoms with E-state index in [-0.39, 0.29) is 11.8 Å². The number of methoxy groups -OCH3 is 1. The van der Waals surface area contributed by atoms with Crippen molar-refractivity contribution in [3.8, 4) is 5.75 Å². The van der Waals surface area contributed by atoms with Gasteiger partial charge in [-0.25, -0.2) is 9.98 Å². The number of benzene rings is 1. The number of ether oxygens (including phenoxy) is 1. The van der Waals surface area contributed by atoms with Crippen molar-refractivity contribution >= 4 is 12.0 Å². The van der Waals surface area contributed by atoms with Crippen LogP contribution in [0.2, 0.25) is 0 Å². The minimum absolute atomic E-state index is 0.170. The van der Waals surface area contributed by atoms with E-state index in [9.17, 15) is 22.7 Å². The summed E-state index contributed by atoms with van der Waals surface area (Å²) < 4.78 is 61.3. The van der Waals surface area contributed by atoms with Crippen LogP contribution in [0, 0.1) is 12.9 Å². The van der Waals surface area contributed by atoms with Crippen LogP contribution in [0.4, 0.5) is 23.2 Å². The van der Waals surface area contributed by atoms with Gasteiger partial charge in [0, 0.05) is 30.9 Å². The molecule has 1 unspecified atom stereocenters. The molecule has 0 aliphatic carbocycles. The Balaban J connectivity index is 2.70. The average Bonchev–Trinajstić information content (AvgIpc) is 2.65. The minimum Gasteiger partial charge on any atom is -0.496 e. The van der Waals surface area contributed by atoms with Gasteiger partial charge in [-0.2, -0.15) is 17.6 Å². The first-order valence-electron chi connectivity index (χ1n) is 8.78. The standard InChI is InChI=1S/C20H23F4N3O2/c1-12(2)27(4)11-26-16-10-17(29-5)15(9-13(16)3)19(28,20(22,23)24)14-7-6-8-25-18(14)21/h6-12,28H,1-5H3/b26-11+. The first kappa shape index (κ1) is 22.6. The molecule has 1 heterocycles. The molecule has 0 aliphatic heterocycles. The van der Waals surface area contributed by atoms with Gasteiger partial charge in [0.15, 0.2) is 0 Å². The molecular weight excluding hydrogens is 390 g/mol. The molecule has 0 aliphatic rings. The van der Waals surface area contributed by atoms with Crippen molar-refractivity contribution in [2.24, 2.45) is 4.99 Å². The van der Waals surface area contributed by atoms with Crippen LogP contribution in [0.25, 0.3) is 0 Å². The third kappa shape index (κ3) is 4.34. The summed E-state index contributed by atoms with van der Waals surface area (Å²) in [5.74, 6) is -1.70. The Morgan fingerprint density at radius 3 is 2.41 bits per heavy atom. The topological polar surface area (TPSA) is 58.0 Å². The van der Waals surface area contributed by atoms with Crippen LogP contribution in [0.5, 0.6) is 5.75 Å². The van der Waals surface area contributed by atoms with E-state index in [1.165, 1.54) is 6.07 Å². The molecule has 1 N–H and O–H groups in total. The molecule has 0 amide bonds. The van der Waals surface area contributed by atoms with Gasteiger partial charge in [0.2, 0.25) is 11.5 Å². The Hall–Kier alpha value is -2.68. The molecule has 1 atom stereocenters. The van der Waals surface area contributed by atoms with E-state index in [0.29, 0.717) is 11.3 Å². The van der Waals surface area contributed by atoms with Gasteiger partial charge >= 0.3 is 6.18 Å². The number of aliphatic hydroxyl groups is 1. The van der Waals surface area contributed by atoms with Gasteiger partial charge in [0.05, 0.1) is 24.7 Å². The van der Waals surface area contributed by atoms with Gasteiger partial charge in [-0.1, -0.05) is 0 Å². The number of hydrogen-bond acceptors (Lipinski definition) is 4. The van der Waals surface area contributed by atoms with E-state index in [0.717, 1.165) is 31.5 Å².